The fraction of sp³-hybridized carbons (Fsp3) is 0.286. The maximum Gasteiger partial charge on any atom is 0.232 e. The minimum absolute atomic E-state index is 0.144. The predicted octanol–water partition coefficient (Wildman–Crippen LogP) is 5.04. The lowest BCUT2D eigenvalue weighted by Gasteiger charge is -2.15. The highest BCUT2D eigenvalue weighted by Gasteiger charge is 2.30. The molecule has 14 heavy (non-hydrogen) atoms. The van der Waals surface area contributed by atoms with Crippen molar-refractivity contribution >= 4 is 69.6 Å². The maximum atomic E-state index is 5.67. The summed E-state index contributed by atoms with van der Waals surface area (Å²) in [6.07, 6.45) is 0. The van der Waals surface area contributed by atoms with Crippen molar-refractivity contribution in [3.63, 3.8) is 0 Å². The van der Waals surface area contributed by atoms with Gasteiger partial charge in [-0.15, -0.1) is 0 Å². The first kappa shape index (κ1) is 13.0. The summed E-state index contributed by atoms with van der Waals surface area (Å²) >= 11 is 34.0. The lowest BCUT2D eigenvalue weighted by molar-refractivity contribution is 1.03. The van der Waals surface area contributed by atoms with E-state index in [0.29, 0.717) is 5.56 Å². The molecule has 1 nitrogen and oxygen atoms in total. The Morgan fingerprint density at radius 2 is 1.71 bits per heavy atom. The molecule has 7 heteroatoms. The van der Waals surface area contributed by atoms with Crippen LogP contribution in [0, 0.1) is 0 Å². The van der Waals surface area contributed by atoms with Gasteiger partial charge in [-0.1, -0.05) is 75.7 Å². The van der Waals surface area contributed by atoms with Crippen molar-refractivity contribution in [2.24, 2.45) is 0 Å². The summed E-state index contributed by atoms with van der Waals surface area (Å²) in [7, 11) is 0. The highest BCUT2D eigenvalue weighted by atomic mass is 35.6. The highest BCUT2D eigenvalue weighted by molar-refractivity contribution is 6.66. The van der Waals surface area contributed by atoms with E-state index in [1.165, 1.54) is 6.07 Å². The SMILES string of the molecule is Clc1ccc(C(Cl)Cl)c(C(Cl)(Cl)Cl)n1. The van der Waals surface area contributed by atoms with Crippen molar-refractivity contribution in [2.45, 2.75) is 8.63 Å². The van der Waals surface area contributed by atoms with E-state index in [1.807, 2.05) is 0 Å². The predicted molar refractivity (Wildman–Crippen MR) is 62.9 cm³/mol. The monoisotopic (exact) mass is 311 g/mol. The number of hydrogen-bond acceptors (Lipinski definition) is 1. The van der Waals surface area contributed by atoms with Crippen LogP contribution in [0.25, 0.3) is 0 Å². The van der Waals surface area contributed by atoms with Crippen LogP contribution in [0.15, 0.2) is 12.1 Å². The van der Waals surface area contributed by atoms with Gasteiger partial charge in [0, 0.05) is 5.56 Å². The van der Waals surface area contributed by atoms with E-state index in [0.717, 1.165) is 0 Å². The number of halogens is 6. The third-order valence-corrected chi connectivity index (χ3v) is 2.61. The van der Waals surface area contributed by atoms with Gasteiger partial charge in [-0.05, 0) is 6.07 Å². The van der Waals surface area contributed by atoms with Crippen molar-refractivity contribution in [1.29, 1.82) is 0 Å². The Labute approximate surface area is 111 Å². The number of nitrogens with zero attached hydrogens (tertiary/aromatic N) is 1. The first-order chi connectivity index (χ1) is 6.32. The Hall–Kier alpha value is 0.890. The molecule has 0 aliphatic rings. The van der Waals surface area contributed by atoms with Gasteiger partial charge in [-0.25, -0.2) is 4.98 Å². The van der Waals surface area contributed by atoms with Gasteiger partial charge in [0.05, 0.1) is 5.69 Å². The molecule has 0 radical (unpaired) electrons. The Morgan fingerprint density at radius 3 is 2.14 bits per heavy atom. The van der Waals surface area contributed by atoms with E-state index >= 15 is 0 Å². The minimum Gasteiger partial charge on any atom is -0.236 e. The standard InChI is InChI=1S/C7H3Cl6N/c8-4-2-1-3(6(9)10)5(14-4)7(11,12)13/h1-2,6H. The Bertz CT molecular complexity index is 331. The minimum atomic E-state index is -1.69. The fourth-order valence-electron chi connectivity index (χ4n) is 0.849. The lowest BCUT2D eigenvalue weighted by Crippen LogP contribution is -2.08. The van der Waals surface area contributed by atoms with Crippen LogP contribution in [-0.4, -0.2) is 4.98 Å². The van der Waals surface area contributed by atoms with Gasteiger partial charge >= 0.3 is 0 Å². The summed E-state index contributed by atoms with van der Waals surface area (Å²) in [6, 6.07) is 3.09. The van der Waals surface area contributed by atoms with Crippen molar-refractivity contribution in [1.82, 2.24) is 4.98 Å². The number of hydrogen-bond donors (Lipinski definition) is 0. The molecular weight excluding hydrogens is 311 g/mol. The normalized spacial score (nSPS) is 12.2. The molecule has 0 atom stereocenters. The number of aromatic nitrogens is 1. The zero-order valence-corrected chi connectivity index (χ0v) is 11.0. The van der Waals surface area contributed by atoms with E-state index < -0.39 is 8.63 Å². The Morgan fingerprint density at radius 1 is 1.14 bits per heavy atom. The zero-order chi connectivity index (χ0) is 10.9. The summed E-state index contributed by atoms with van der Waals surface area (Å²) in [4.78, 5) is 3.05. The summed E-state index contributed by atoms with van der Waals surface area (Å²) in [6.45, 7) is 0. The van der Waals surface area contributed by atoms with Gasteiger partial charge in [0.1, 0.15) is 9.99 Å². The molecule has 0 aromatic carbocycles. The Kier molecular flexibility index (Phi) is 4.46. The highest BCUT2D eigenvalue weighted by Crippen LogP contribution is 2.42. The second-order valence-corrected chi connectivity index (χ2v) is 6.14. The third kappa shape index (κ3) is 3.19. The second-order valence-electron chi connectivity index (χ2n) is 2.37. The summed E-state index contributed by atoms with van der Waals surface area (Å²) in [5, 5.41) is 0.212. The van der Waals surface area contributed by atoms with Crippen molar-refractivity contribution in [2.75, 3.05) is 0 Å². The van der Waals surface area contributed by atoms with E-state index in [1.54, 1.807) is 6.07 Å². The lowest BCUT2D eigenvalue weighted by atomic mass is 10.2. The van der Waals surface area contributed by atoms with Crippen LogP contribution in [0.2, 0.25) is 5.15 Å². The van der Waals surface area contributed by atoms with Crippen molar-refractivity contribution in [3.8, 4) is 0 Å². The summed E-state index contributed by atoms with van der Waals surface area (Å²) in [5.74, 6) is 0. The number of alkyl halides is 5. The van der Waals surface area contributed by atoms with Crippen LogP contribution >= 0.6 is 69.6 Å². The first-order valence-electron chi connectivity index (χ1n) is 3.34. The van der Waals surface area contributed by atoms with Gasteiger partial charge < -0.3 is 0 Å². The third-order valence-electron chi connectivity index (χ3n) is 1.40. The van der Waals surface area contributed by atoms with Crippen LogP contribution in [0.3, 0.4) is 0 Å². The van der Waals surface area contributed by atoms with Crippen LogP contribution in [0.4, 0.5) is 0 Å². The molecule has 0 amide bonds. The van der Waals surface area contributed by atoms with Crippen LogP contribution in [0.5, 0.6) is 0 Å². The van der Waals surface area contributed by atoms with E-state index in [4.69, 9.17) is 69.6 Å². The van der Waals surface area contributed by atoms with E-state index in [-0.39, 0.29) is 10.8 Å². The maximum absolute atomic E-state index is 5.67. The molecule has 0 fully saturated rings. The van der Waals surface area contributed by atoms with Crippen LogP contribution in [0.1, 0.15) is 16.1 Å². The average Bonchev–Trinajstić information content (AvgIpc) is 2.01. The van der Waals surface area contributed by atoms with Crippen molar-refractivity contribution < 1.29 is 0 Å². The molecule has 78 valence electrons. The molecule has 0 unspecified atom stereocenters. The summed E-state index contributed by atoms with van der Waals surface area (Å²) < 4.78 is -1.69. The molecule has 1 aromatic heterocycles. The first-order valence-corrected chi connectivity index (χ1v) is 5.72. The fourth-order valence-corrected chi connectivity index (χ4v) is 1.80. The molecule has 1 heterocycles. The molecule has 0 aliphatic carbocycles. The molecule has 0 saturated carbocycles. The van der Waals surface area contributed by atoms with Gasteiger partial charge in [0.15, 0.2) is 0 Å². The van der Waals surface area contributed by atoms with Gasteiger partial charge in [0.25, 0.3) is 0 Å². The number of rotatable bonds is 1. The van der Waals surface area contributed by atoms with E-state index in [2.05, 4.69) is 4.98 Å². The van der Waals surface area contributed by atoms with Crippen molar-refractivity contribution in [3.05, 3.63) is 28.5 Å². The molecule has 0 spiro atoms. The quantitative estimate of drug-likeness (QED) is 0.523. The number of pyridine rings is 1. The van der Waals surface area contributed by atoms with Gasteiger partial charge in [-0.2, -0.15) is 0 Å². The summed E-state index contributed by atoms with van der Waals surface area (Å²) in [5.41, 5.74) is 0.572. The zero-order valence-electron chi connectivity index (χ0n) is 6.45. The average molecular weight is 314 g/mol. The van der Waals surface area contributed by atoms with Crippen LogP contribution < -0.4 is 0 Å². The smallest absolute Gasteiger partial charge is 0.232 e. The van der Waals surface area contributed by atoms with E-state index in [9.17, 15) is 0 Å². The molecule has 1 aromatic rings. The molecular formula is C7H3Cl6N. The molecule has 0 bridgehead atoms. The molecule has 0 N–H and O–H groups in total. The second kappa shape index (κ2) is 4.82. The van der Waals surface area contributed by atoms with Gasteiger partial charge in [-0.3, -0.25) is 0 Å². The topological polar surface area (TPSA) is 12.9 Å². The molecule has 1 rings (SSSR count). The molecule has 0 aliphatic heterocycles. The van der Waals surface area contributed by atoms with Crippen LogP contribution in [-0.2, 0) is 3.79 Å². The van der Waals surface area contributed by atoms with Gasteiger partial charge in [0.2, 0.25) is 3.79 Å². The largest absolute Gasteiger partial charge is 0.236 e. The Balaban J connectivity index is 3.30. The molecule has 0 saturated heterocycles.